The average Bonchev–Trinajstić information content (AvgIpc) is 3.92. The third-order valence-corrected chi connectivity index (χ3v) is 10.9. The molecule has 1 aromatic rings. The fourth-order valence-electron chi connectivity index (χ4n) is 7.46. The number of ether oxygens (including phenoxy) is 7. The first-order chi connectivity index (χ1) is 29.1. The summed E-state index contributed by atoms with van der Waals surface area (Å²) in [6.45, 7) is 10.7. The Kier molecular flexibility index (Phi) is 17.1. The topological polar surface area (TPSA) is 314 Å². The molecule has 0 aliphatic carbocycles. The summed E-state index contributed by atoms with van der Waals surface area (Å²) in [4.78, 5) is 65.4. The number of fused-ring (bicyclic) bond motifs is 1. The Balaban J connectivity index is 1.03. The summed E-state index contributed by atoms with van der Waals surface area (Å²) in [6, 6.07) is -1.30. The van der Waals surface area contributed by atoms with Gasteiger partial charge in [0.05, 0.1) is 95.1 Å². The highest BCUT2D eigenvalue weighted by Crippen LogP contribution is 2.41. The van der Waals surface area contributed by atoms with Crippen LogP contribution < -0.4 is 5.73 Å². The molecule has 0 bridgehead atoms. The first-order valence-electron chi connectivity index (χ1n) is 19.9. The first-order valence-corrected chi connectivity index (χ1v) is 19.9. The van der Waals surface area contributed by atoms with Gasteiger partial charge >= 0.3 is 5.97 Å². The summed E-state index contributed by atoms with van der Waals surface area (Å²) >= 11 is 0. The molecule has 4 saturated heterocycles. The van der Waals surface area contributed by atoms with E-state index in [1.54, 1.807) is 6.20 Å². The monoisotopic (exact) mass is 868 g/mol. The number of Topliss-reactive ketones (excluding diaryl/α,β-unsaturated/α-hetero) is 1. The van der Waals surface area contributed by atoms with Crippen LogP contribution in [-0.4, -0.2) is 199 Å². The van der Waals surface area contributed by atoms with Crippen LogP contribution in [0.4, 0.5) is 0 Å². The van der Waals surface area contributed by atoms with E-state index in [1.165, 1.54) is 35.6 Å². The van der Waals surface area contributed by atoms with E-state index in [2.05, 4.69) is 23.5 Å². The van der Waals surface area contributed by atoms with Gasteiger partial charge in [0, 0.05) is 19.4 Å². The Morgan fingerprint density at radius 1 is 0.869 bits per heavy atom. The molecule has 23 nitrogen and oxygen atoms in total. The van der Waals surface area contributed by atoms with Crippen molar-refractivity contribution >= 4 is 29.5 Å². The third-order valence-electron chi connectivity index (χ3n) is 10.9. The Labute approximate surface area is 350 Å². The minimum atomic E-state index is -1.84. The molecule has 0 spiro atoms. The quantitative estimate of drug-likeness (QED) is 0.0353. The van der Waals surface area contributed by atoms with Gasteiger partial charge in [-0.15, -0.1) is 18.3 Å². The van der Waals surface area contributed by atoms with E-state index in [1.807, 2.05) is 0 Å². The van der Waals surface area contributed by atoms with Crippen molar-refractivity contribution in [1.82, 2.24) is 24.8 Å². The molecule has 4 aliphatic heterocycles. The number of amides is 3. The van der Waals surface area contributed by atoms with Crippen molar-refractivity contribution in [3.05, 3.63) is 37.2 Å². The lowest BCUT2D eigenvalue weighted by Crippen LogP contribution is -2.66. The van der Waals surface area contributed by atoms with E-state index in [-0.39, 0.29) is 95.6 Å². The number of nitrogens with zero attached hydrogens (tertiary/aromatic N) is 5. The molecule has 5 heterocycles. The van der Waals surface area contributed by atoms with Gasteiger partial charge in [-0.25, -0.2) is 9.48 Å². The van der Waals surface area contributed by atoms with Crippen LogP contribution in [0.25, 0.3) is 0 Å². The van der Waals surface area contributed by atoms with Crippen LogP contribution in [0.3, 0.4) is 0 Å². The van der Waals surface area contributed by atoms with Crippen LogP contribution in [0.15, 0.2) is 31.5 Å². The molecule has 23 heteroatoms. The number of aromatic nitrogens is 3. The smallest absolute Gasteiger partial charge is 0.335 e. The lowest BCUT2D eigenvalue weighted by Gasteiger charge is -2.45. The zero-order chi connectivity index (χ0) is 44.5. The SMILES string of the molecule is C=C[C@@H]1O[C@H](C=C)[C@@H]2C(=O)N(CCOCCN(Cc3cn(CCOCCO[C@@H]4OC(C(=O)O)[C@@H](O[C@H]5OC(C)[C@@H](O)[C@H](O)C5N)[C@H](O)C4O)nn3)C(=O)CCC(C)=O)C(=O)[C@@H]21. The van der Waals surface area contributed by atoms with Crippen LogP contribution >= 0.6 is 0 Å². The number of carboxylic acids is 1. The molecular weight excluding hydrogens is 812 g/mol. The van der Waals surface area contributed by atoms with Crippen LogP contribution in [0.2, 0.25) is 0 Å². The minimum absolute atomic E-state index is 0.0201. The van der Waals surface area contributed by atoms with E-state index in [0.717, 1.165) is 4.90 Å². The van der Waals surface area contributed by atoms with Gasteiger partial charge in [-0.3, -0.25) is 19.3 Å². The number of nitrogens with two attached hydrogens (primary N) is 1. The molecule has 0 aromatic carbocycles. The molecule has 4 aliphatic rings. The number of carboxylic acid groups (broad SMARTS) is 1. The van der Waals surface area contributed by atoms with E-state index in [0.29, 0.717) is 5.69 Å². The number of aliphatic hydroxyl groups excluding tert-OH is 4. The van der Waals surface area contributed by atoms with Crippen molar-refractivity contribution in [2.45, 2.75) is 113 Å². The van der Waals surface area contributed by atoms with Gasteiger partial charge in [0.15, 0.2) is 18.7 Å². The summed E-state index contributed by atoms with van der Waals surface area (Å²) in [5.41, 5.74) is 6.33. The summed E-state index contributed by atoms with van der Waals surface area (Å²) in [5, 5.41) is 59.6. The van der Waals surface area contributed by atoms with Crippen molar-refractivity contribution < 1.29 is 82.7 Å². The Hall–Kier alpha value is -4.11. The molecule has 5 rings (SSSR count). The van der Waals surface area contributed by atoms with Crippen LogP contribution in [0.5, 0.6) is 0 Å². The fourth-order valence-corrected chi connectivity index (χ4v) is 7.46. The summed E-state index contributed by atoms with van der Waals surface area (Å²) in [7, 11) is 0. The molecule has 0 radical (unpaired) electrons. The van der Waals surface area contributed by atoms with E-state index < -0.39 is 91.4 Å². The van der Waals surface area contributed by atoms with E-state index in [4.69, 9.17) is 38.9 Å². The second-order valence-corrected chi connectivity index (χ2v) is 15.1. The number of aliphatic hydroxyl groups is 4. The number of aliphatic carboxylic acids is 1. The number of rotatable bonds is 23. The molecule has 4 unspecified atom stereocenters. The van der Waals surface area contributed by atoms with E-state index in [9.17, 15) is 49.5 Å². The molecule has 14 atom stereocenters. The second-order valence-electron chi connectivity index (χ2n) is 15.1. The number of imide groups is 1. The maximum Gasteiger partial charge on any atom is 0.335 e. The number of ketones is 1. The van der Waals surface area contributed by atoms with Gasteiger partial charge in [-0.1, -0.05) is 17.4 Å². The Morgan fingerprint density at radius 3 is 2.16 bits per heavy atom. The largest absolute Gasteiger partial charge is 0.479 e. The highest BCUT2D eigenvalue weighted by Gasteiger charge is 2.58. The Morgan fingerprint density at radius 2 is 1.52 bits per heavy atom. The lowest BCUT2D eigenvalue weighted by atomic mass is 9.89. The molecule has 3 amide bonds. The number of hydrogen-bond acceptors (Lipinski definition) is 19. The molecule has 1 aromatic heterocycles. The van der Waals surface area contributed by atoms with Crippen LogP contribution in [0.1, 0.15) is 32.4 Å². The second kappa shape index (κ2) is 21.8. The standard InChI is InChI=1S/C38H56N6O17/c1-5-22-25-26(23(6-2)59-22)35(52)44(34(25)51)11-14-55-12-9-42(24(46)8-7-19(3)45)17-21-18-43(41-40-21)10-13-56-15-16-57-38-31(50)30(49)32(33(61-38)36(53)54)60-37-27(39)29(48)28(47)20(4)58-37/h5-6,18,20,22-23,25-33,37-38,47-50H,1-2,7-17,39H2,3-4H3,(H,53,54)/t20?,22-,23+,25+,26-,27?,28-,29-,30-,31?,32+,33?,37-,38-/m1/s1. The first kappa shape index (κ1) is 47.9. The van der Waals surface area contributed by atoms with Crippen LogP contribution in [0, 0.1) is 11.8 Å². The fraction of sp³-hybridized carbons (Fsp3) is 0.711. The predicted molar refractivity (Wildman–Crippen MR) is 203 cm³/mol. The molecule has 4 fully saturated rings. The van der Waals surface area contributed by atoms with Gasteiger partial charge in [0.2, 0.25) is 17.7 Å². The highest BCUT2D eigenvalue weighted by molar-refractivity contribution is 6.06. The molecule has 61 heavy (non-hydrogen) atoms. The summed E-state index contributed by atoms with van der Waals surface area (Å²) in [6.07, 6.45) is -10.4. The van der Waals surface area contributed by atoms with Gasteiger partial charge in [0.1, 0.15) is 42.0 Å². The van der Waals surface area contributed by atoms with Crippen LogP contribution in [-0.2, 0) is 70.2 Å². The van der Waals surface area contributed by atoms with Crippen molar-refractivity contribution in [2.75, 3.05) is 46.1 Å². The third kappa shape index (κ3) is 11.5. The molecular formula is C38H56N6O17. The van der Waals surface area contributed by atoms with Crippen molar-refractivity contribution in [3.8, 4) is 0 Å². The summed E-state index contributed by atoms with van der Waals surface area (Å²) in [5.74, 6) is -4.06. The van der Waals surface area contributed by atoms with Gasteiger partial charge in [-0.05, 0) is 13.8 Å². The summed E-state index contributed by atoms with van der Waals surface area (Å²) < 4.78 is 40.4. The van der Waals surface area contributed by atoms with Crippen molar-refractivity contribution in [3.63, 3.8) is 0 Å². The van der Waals surface area contributed by atoms with Gasteiger partial charge in [-0.2, -0.15) is 0 Å². The molecule has 0 saturated carbocycles. The van der Waals surface area contributed by atoms with E-state index >= 15 is 0 Å². The Bertz CT molecular complexity index is 1680. The maximum absolute atomic E-state index is 13.1. The zero-order valence-electron chi connectivity index (χ0n) is 34.0. The minimum Gasteiger partial charge on any atom is -0.479 e. The molecule has 340 valence electrons. The van der Waals surface area contributed by atoms with Crippen molar-refractivity contribution in [1.29, 1.82) is 0 Å². The predicted octanol–water partition coefficient (Wildman–Crippen LogP) is -3.52. The zero-order valence-corrected chi connectivity index (χ0v) is 34.0. The number of carbonyl (C=O) groups is 5. The average molecular weight is 869 g/mol. The number of likely N-dealkylation sites (tertiary alicyclic amines) is 1. The maximum atomic E-state index is 13.1. The highest BCUT2D eigenvalue weighted by atomic mass is 16.7. The lowest BCUT2D eigenvalue weighted by molar-refractivity contribution is -0.337. The number of carbonyl (C=O) groups excluding carboxylic acids is 4. The normalized spacial score (nSPS) is 33.7. The number of hydrogen-bond donors (Lipinski definition) is 6. The van der Waals surface area contributed by atoms with Crippen molar-refractivity contribution in [2.24, 2.45) is 17.6 Å². The van der Waals surface area contributed by atoms with Gasteiger partial charge < -0.3 is 74.1 Å². The van der Waals surface area contributed by atoms with Gasteiger partial charge in [0.25, 0.3) is 0 Å². The molecule has 7 N–H and O–H groups in total.